The van der Waals surface area contributed by atoms with Gasteiger partial charge in [-0.25, -0.2) is 4.39 Å². The minimum atomic E-state index is -0.971. The highest BCUT2D eigenvalue weighted by Gasteiger charge is 2.31. The third-order valence-electron chi connectivity index (χ3n) is 7.55. The molecule has 0 spiro atoms. The predicted octanol–water partition coefficient (Wildman–Crippen LogP) is 8.90. The molecule has 1 aliphatic rings. The number of alkyl halides is 1. The summed E-state index contributed by atoms with van der Waals surface area (Å²) < 4.78 is 20.1. The van der Waals surface area contributed by atoms with Crippen LogP contribution in [0.4, 0.5) is 4.39 Å². The van der Waals surface area contributed by atoms with E-state index in [1.165, 1.54) is 28.7 Å². The molecular weight excluding hydrogens is 511 g/mol. The molecular formula is C36H53FN2O2. The first-order chi connectivity index (χ1) is 19.8. The highest BCUT2D eigenvalue weighted by Crippen LogP contribution is 2.28. The summed E-state index contributed by atoms with van der Waals surface area (Å²) in [5.41, 5.74) is 4.51. The van der Waals surface area contributed by atoms with Crippen molar-refractivity contribution in [3.63, 3.8) is 0 Å². The summed E-state index contributed by atoms with van der Waals surface area (Å²) in [5.74, 6) is 0.0598. The van der Waals surface area contributed by atoms with Gasteiger partial charge in [0.25, 0.3) is 0 Å². The smallest absolute Gasteiger partial charge is 0.175 e. The number of nitrogens with zero attached hydrogens (tertiary/aromatic N) is 2. The molecule has 0 aromatic heterocycles. The van der Waals surface area contributed by atoms with E-state index in [4.69, 9.17) is 4.74 Å². The monoisotopic (exact) mass is 564 g/mol. The molecule has 0 radical (unpaired) electrons. The van der Waals surface area contributed by atoms with Gasteiger partial charge < -0.3 is 9.64 Å². The van der Waals surface area contributed by atoms with E-state index in [-0.39, 0.29) is 5.78 Å². The first-order valence-corrected chi connectivity index (χ1v) is 15.5. The van der Waals surface area contributed by atoms with Crippen LogP contribution in [0.15, 0.2) is 73.1 Å². The van der Waals surface area contributed by atoms with Crippen molar-refractivity contribution in [2.24, 2.45) is 0 Å². The van der Waals surface area contributed by atoms with Gasteiger partial charge in [-0.15, -0.1) is 0 Å². The number of carbonyl (C=O) groups is 1. The summed E-state index contributed by atoms with van der Waals surface area (Å²) >= 11 is 0. The van der Waals surface area contributed by atoms with Crippen LogP contribution in [0.25, 0.3) is 11.1 Å². The fourth-order valence-corrected chi connectivity index (χ4v) is 5.34. The molecule has 0 bridgehead atoms. The molecule has 1 aliphatic heterocycles. The Labute approximate surface area is 249 Å². The number of hydrogen-bond donors (Lipinski definition) is 0. The van der Waals surface area contributed by atoms with Gasteiger partial charge in [-0.1, -0.05) is 113 Å². The highest BCUT2D eigenvalue weighted by molar-refractivity contribution is 5.92. The normalized spacial score (nSPS) is 15.4. The van der Waals surface area contributed by atoms with Crippen molar-refractivity contribution < 1.29 is 13.9 Å². The molecule has 2 aromatic rings. The molecule has 1 heterocycles. The van der Waals surface area contributed by atoms with Crippen molar-refractivity contribution in [2.45, 2.75) is 91.8 Å². The molecule has 1 atom stereocenters. The van der Waals surface area contributed by atoms with Gasteiger partial charge in [-0.2, -0.15) is 0 Å². The average Bonchev–Trinajstić information content (AvgIpc) is 2.96. The van der Waals surface area contributed by atoms with Crippen molar-refractivity contribution in [1.82, 2.24) is 9.80 Å². The summed E-state index contributed by atoms with van der Waals surface area (Å²) in [7, 11) is 0. The lowest BCUT2D eigenvalue weighted by atomic mass is 9.92. The van der Waals surface area contributed by atoms with Crippen LogP contribution in [0.2, 0.25) is 0 Å². The number of aryl methyl sites for hydroxylation is 1. The number of hydrogen-bond acceptors (Lipinski definition) is 4. The van der Waals surface area contributed by atoms with Gasteiger partial charge in [0.1, 0.15) is 5.67 Å². The summed E-state index contributed by atoms with van der Waals surface area (Å²) in [4.78, 5) is 16.1. The number of allylic oxidation sites excluding steroid dienone is 2. The van der Waals surface area contributed by atoms with Crippen molar-refractivity contribution in [3.8, 4) is 11.1 Å². The van der Waals surface area contributed by atoms with Crippen molar-refractivity contribution in [2.75, 3.05) is 32.8 Å². The van der Waals surface area contributed by atoms with E-state index in [1.54, 1.807) is 13.1 Å². The topological polar surface area (TPSA) is 32.8 Å². The van der Waals surface area contributed by atoms with E-state index in [9.17, 15) is 9.18 Å². The van der Waals surface area contributed by atoms with Gasteiger partial charge in [0.2, 0.25) is 0 Å². The largest absolute Gasteiger partial charge is 0.379 e. The first kappa shape index (κ1) is 34.4. The zero-order valence-electron chi connectivity index (χ0n) is 26.3. The second-order valence-electron chi connectivity index (χ2n) is 11.1. The Kier molecular flexibility index (Phi) is 15.6. The summed E-state index contributed by atoms with van der Waals surface area (Å²) in [6, 6.07) is 16.8. The van der Waals surface area contributed by atoms with Gasteiger partial charge in [0, 0.05) is 33.1 Å². The van der Waals surface area contributed by atoms with Gasteiger partial charge in [0.15, 0.2) is 5.78 Å². The third-order valence-corrected chi connectivity index (χ3v) is 7.55. The number of unbranched alkanes of at least 4 members (excludes halogenated alkanes) is 2. The molecule has 226 valence electrons. The Morgan fingerprint density at radius 3 is 2.29 bits per heavy atom. The second kappa shape index (κ2) is 18.6. The molecule has 1 fully saturated rings. The maximum Gasteiger partial charge on any atom is 0.175 e. The Hall–Kier alpha value is -2.76. The number of rotatable bonds is 15. The summed E-state index contributed by atoms with van der Waals surface area (Å²) in [6.45, 7) is 18.4. The number of morpholine rings is 1. The molecule has 0 N–H and O–H groups in total. The lowest BCUT2D eigenvalue weighted by Gasteiger charge is -2.34. The van der Waals surface area contributed by atoms with Crippen LogP contribution in [-0.2, 0) is 16.1 Å². The van der Waals surface area contributed by atoms with Crippen LogP contribution in [0.3, 0.4) is 0 Å². The number of ether oxygens (including phenoxy) is 1. The molecule has 2 aromatic carbocycles. The zero-order valence-corrected chi connectivity index (χ0v) is 26.3. The van der Waals surface area contributed by atoms with Gasteiger partial charge in [-0.3, -0.25) is 9.69 Å². The number of ketones is 1. The average molecular weight is 565 g/mol. The highest BCUT2D eigenvalue weighted by atomic mass is 19.1. The van der Waals surface area contributed by atoms with Crippen LogP contribution >= 0.6 is 0 Å². The van der Waals surface area contributed by atoms with Gasteiger partial charge >= 0.3 is 0 Å². The molecule has 0 aliphatic carbocycles. The Morgan fingerprint density at radius 2 is 1.71 bits per heavy atom. The van der Waals surface area contributed by atoms with Crippen LogP contribution in [0, 0.1) is 6.92 Å². The molecule has 4 nitrogen and oxygen atoms in total. The Balaban J connectivity index is 0.000000305. The van der Waals surface area contributed by atoms with Crippen LogP contribution in [-0.4, -0.2) is 54.1 Å². The molecule has 1 unspecified atom stereocenters. The fraction of sp³-hybridized carbons (Fsp3) is 0.528. The van der Waals surface area contributed by atoms with Crippen molar-refractivity contribution >= 4 is 5.78 Å². The standard InChI is InChI=1S/C22H25NO.C14H28FNO/c1-5-9-22(18(4)24)23(6-2)16-20-10-7-8-11-21(20)19-14-12-17(3)13-15-19;1-3-5-6-8-14(15,7-4-2)13-16-9-11-17-12-10-16/h6-15H,2,5,16H2,1,3-4H3;3-13H2,1-2H3/b22-9-;. The van der Waals surface area contributed by atoms with Crippen molar-refractivity contribution in [1.29, 1.82) is 0 Å². The SMILES string of the molecule is C=CN(Cc1ccccc1-c1ccc(C)cc1)/C(=C\CC)C(C)=O.CCCCCC(F)(CCC)CN1CCOCC1. The molecule has 5 heteroatoms. The van der Waals surface area contributed by atoms with Crippen LogP contribution in [0.5, 0.6) is 0 Å². The summed E-state index contributed by atoms with van der Waals surface area (Å²) in [6.07, 6.45) is 10.2. The summed E-state index contributed by atoms with van der Waals surface area (Å²) in [5, 5.41) is 0. The van der Waals surface area contributed by atoms with E-state index in [2.05, 4.69) is 68.6 Å². The van der Waals surface area contributed by atoms with E-state index in [1.807, 2.05) is 30.0 Å². The number of carbonyl (C=O) groups excluding carboxylic acids is 1. The quantitative estimate of drug-likeness (QED) is 0.160. The molecule has 3 rings (SSSR count). The maximum absolute atomic E-state index is 14.8. The van der Waals surface area contributed by atoms with Crippen LogP contribution in [0.1, 0.15) is 83.8 Å². The molecule has 1 saturated heterocycles. The van der Waals surface area contributed by atoms with E-state index in [0.29, 0.717) is 25.2 Å². The minimum absolute atomic E-state index is 0.0598. The maximum atomic E-state index is 14.8. The van der Waals surface area contributed by atoms with E-state index in [0.717, 1.165) is 58.4 Å². The number of halogens is 1. The first-order valence-electron chi connectivity index (χ1n) is 15.5. The minimum Gasteiger partial charge on any atom is -0.379 e. The lowest BCUT2D eigenvalue weighted by Crippen LogP contribution is -2.45. The van der Waals surface area contributed by atoms with E-state index >= 15 is 0 Å². The van der Waals surface area contributed by atoms with Crippen molar-refractivity contribution in [3.05, 3.63) is 84.2 Å². The fourth-order valence-electron chi connectivity index (χ4n) is 5.34. The number of Topliss-reactive ketones (excluding diaryl/α,β-unsaturated/α-hetero) is 1. The molecule has 0 saturated carbocycles. The second-order valence-corrected chi connectivity index (χ2v) is 11.1. The van der Waals surface area contributed by atoms with E-state index < -0.39 is 5.67 Å². The van der Waals surface area contributed by atoms with Gasteiger partial charge in [0.05, 0.1) is 18.9 Å². The molecule has 0 amide bonds. The predicted molar refractivity (Wildman–Crippen MR) is 172 cm³/mol. The zero-order chi connectivity index (χ0) is 30.1. The lowest BCUT2D eigenvalue weighted by molar-refractivity contribution is -0.114. The van der Waals surface area contributed by atoms with Crippen LogP contribution < -0.4 is 0 Å². The Morgan fingerprint density at radius 1 is 1.02 bits per heavy atom. The molecule has 41 heavy (non-hydrogen) atoms. The third kappa shape index (κ3) is 11.9. The Bertz CT molecular complexity index is 1080. The van der Waals surface area contributed by atoms with Gasteiger partial charge in [-0.05, 0) is 49.1 Å². The number of benzene rings is 2.